The van der Waals surface area contributed by atoms with Crippen LogP contribution in [0.1, 0.15) is 71.1 Å². The van der Waals surface area contributed by atoms with E-state index in [0.717, 1.165) is 11.1 Å². The largest absolute Gasteiger partial charge is 0.454 e. The van der Waals surface area contributed by atoms with E-state index in [0.29, 0.717) is 18.5 Å². The molecule has 0 bridgehead atoms. The van der Waals surface area contributed by atoms with Crippen LogP contribution in [0.2, 0.25) is 0 Å². The molecule has 0 saturated carbocycles. The lowest BCUT2D eigenvalue weighted by Crippen LogP contribution is -2.66. The van der Waals surface area contributed by atoms with Gasteiger partial charge in [0.05, 0.1) is 12.7 Å². The van der Waals surface area contributed by atoms with Crippen LogP contribution in [0, 0.1) is 0 Å². The minimum Gasteiger partial charge on any atom is -0.454 e. The highest BCUT2D eigenvalue weighted by atomic mass is 16.5. The number of carbonyl (C=O) groups is 1. The second kappa shape index (κ2) is 8.36. The highest BCUT2D eigenvalue weighted by Gasteiger charge is 2.52. The van der Waals surface area contributed by atoms with Gasteiger partial charge >= 0.3 is 5.97 Å². The summed E-state index contributed by atoms with van der Waals surface area (Å²) in [5.74, 6) is -0.608. The maximum Gasteiger partial charge on any atom is 0.333 e. The molecule has 1 aliphatic rings. The molecule has 2 rings (SSSR count). The first-order chi connectivity index (χ1) is 12.9. The van der Waals surface area contributed by atoms with E-state index in [1.165, 1.54) is 0 Å². The maximum atomic E-state index is 12.0. The zero-order valence-electron chi connectivity index (χ0n) is 18.0. The molecule has 5 heteroatoms. The number of aliphatic hydroxyl groups is 2. The van der Waals surface area contributed by atoms with Crippen LogP contribution < -0.4 is 0 Å². The Balaban J connectivity index is 2.48. The lowest BCUT2D eigenvalue weighted by molar-refractivity contribution is -0.143. The Kier molecular flexibility index (Phi) is 6.74. The lowest BCUT2D eigenvalue weighted by Gasteiger charge is -2.58. The fourth-order valence-corrected chi connectivity index (χ4v) is 4.93. The summed E-state index contributed by atoms with van der Waals surface area (Å²) in [4.78, 5) is 14.3. The summed E-state index contributed by atoms with van der Waals surface area (Å²) in [6.45, 7) is 16.1. The Bertz CT molecular complexity index is 725. The molecule has 0 spiro atoms. The summed E-state index contributed by atoms with van der Waals surface area (Å²) < 4.78 is 5.57. The minimum absolute atomic E-state index is 0.0595. The van der Waals surface area contributed by atoms with Gasteiger partial charge < -0.3 is 14.9 Å². The molecule has 2 N–H and O–H groups in total. The predicted octanol–water partition coefficient (Wildman–Crippen LogP) is 3.57. The van der Waals surface area contributed by atoms with Crippen LogP contribution in [-0.4, -0.2) is 51.4 Å². The van der Waals surface area contributed by atoms with E-state index in [-0.39, 0.29) is 18.1 Å². The number of hydrogen-bond acceptors (Lipinski definition) is 5. The van der Waals surface area contributed by atoms with E-state index >= 15 is 0 Å². The number of β-amino-alcohol motifs (C(OH)–C–C–N with tert-alkyl or cyclic N) is 1. The van der Waals surface area contributed by atoms with E-state index in [4.69, 9.17) is 4.74 Å². The molecule has 1 aromatic rings. The van der Waals surface area contributed by atoms with Gasteiger partial charge in [0.1, 0.15) is 6.10 Å². The Morgan fingerprint density at radius 2 is 1.93 bits per heavy atom. The van der Waals surface area contributed by atoms with Gasteiger partial charge in [0.15, 0.2) is 0 Å². The van der Waals surface area contributed by atoms with E-state index in [1.54, 1.807) is 6.92 Å². The van der Waals surface area contributed by atoms with Crippen molar-refractivity contribution in [3.8, 4) is 0 Å². The standard InChI is InChI=1S/C23H35NO4/c1-15(2)21(27)28-16(3)17-10-8-9-11-18(17)20-19(26)14-22(4,5)24(12-13-25)23(20,6)7/h8-11,16,19-20,25-26H,1,12-14H2,2-7H3. The van der Waals surface area contributed by atoms with Crippen molar-refractivity contribution in [3.63, 3.8) is 0 Å². The zero-order valence-corrected chi connectivity index (χ0v) is 18.0. The minimum atomic E-state index is -0.551. The van der Waals surface area contributed by atoms with Crippen LogP contribution >= 0.6 is 0 Å². The third-order valence-electron chi connectivity index (χ3n) is 6.01. The van der Waals surface area contributed by atoms with E-state index < -0.39 is 23.7 Å². The van der Waals surface area contributed by atoms with Gasteiger partial charge in [-0.15, -0.1) is 0 Å². The Hall–Kier alpha value is -1.69. The monoisotopic (exact) mass is 389 g/mol. The van der Waals surface area contributed by atoms with Crippen molar-refractivity contribution in [1.29, 1.82) is 0 Å². The molecule has 1 fully saturated rings. The average molecular weight is 390 g/mol. The van der Waals surface area contributed by atoms with Gasteiger partial charge in [-0.2, -0.15) is 0 Å². The molecule has 0 amide bonds. The summed E-state index contributed by atoms with van der Waals surface area (Å²) in [5, 5.41) is 20.8. The molecule has 28 heavy (non-hydrogen) atoms. The predicted molar refractivity (Wildman–Crippen MR) is 111 cm³/mol. The molecule has 0 radical (unpaired) electrons. The highest BCUT2D eigenvalue weighted by Crippen LogP contribution is 2.48. The third-order valence-corrected chi connectivity index (χ3v) is 6.01. The molecular formula is C23H35NO4. The molecule has 1 saturated heterocycles. The van der Waals surface area contributed by atoms with Crippen LogP contribution in [0.4, 0.5) is 0 Å². The number of likely N-dealkylation sites (tertiary alicyclic amines) is 1. The SMILES string of the molecule is C=C(C)C(=O)OC(C)c1ccccc1C1C(O)CC(C)(C)N(CCO)C1(C)C. The number of nitrogens with zero attached hydrogens (tertiary/aromatic N) is 1. The molecule has 1 aliphatic heterocycles. The first-order valence-electron chi connectivity index (χ1n) is 9.95. The van der Waals surface area contributed by atoms with Crippen LogP contribution in [0.5, 0.6) is 0 Å². The van der Waals surface area contributed by atoms with Crippen molar-refractivity contribution < 1.29 is 19.7 Å². The van der Waals surface area contributed by atoms with Crippen molar-refractivity contribution in [1.82, 2.24) is 4.90 Å². The third kappa shape index (κ3) is 4.32. The first kappa shape index (κ1) is 22.6. The molecule has 0 aromatic heterocycles. The second-order valence-electron chi connectivity index (χ2n) is 9.05. The summed E-state index contributed by atoms with van der Waals surface area (Å²) in [6.07, 6.45) is -0.412. The van der Waals surface area contributed by atoms with Gasteiger partial charge in [-0.05, 0) is 59.1 Å². The molecule has 3 unspecified atom stereocenters. The maximum absolute atomic E-state index is 12.0. The average Bonchev–Trinajstić information content (AvgIpc) is 2.58. The lowest BCUT2D eigenvalue weighted by atomic mass is 9.67. The molecule has 3 atom stereocenters. The number of rotatable bonds is 6. The zero-order chi connectivity index (χ0) is 21.3. The number of ether oxygens (including phenoxy) is 1. The number of hydrogen-bond donors (Lipinski definition) is 2. The van der Waals surface area contributed by atoms with Gasteiger partial charge in [0.25, 0.3) is 0 Å². The van der Waals surface area contributed by atoms with Crippen LogP contribution in [0.3, 0.4) is 0 Å². The van der Waals surface area contributed by atoms with Crippen LogP contribution in [-0.2, 0) is 9.53 Å². The van der Waals surface area contributed by atoms with Crippen LogP contribution in [0.25, 0.3) is 0 Å². The normalized spacial score (nSPS) is 25.1. The number of esters is 1. The summed E-state index contributed by atoms with van der Waals surface area (Å²) in [5.41, 5.74) is 1.57. The van der Waals surface area contributed by atoms with Gasteiger partial charge in [0, 0.05) is 29.1 Å². The summed E-state index contributed by atoms with van der Waals surface area (Å²) >= 11 is 0. The fraction of sp³-hybridized carbons (Fsp3) is 0.609. The number of aliphatic hydroxyl groups excluding tert-OH is 2. The Morgan fingerprint density at radius 1 is 1.32 bits per heavy atom. The highest BCUT2D eigenvalue weighted by molar-refractivity contribution is 5.87. The molecule has 1 heterocycles. The van der Waals surface area contributed by atoms with Crippen molar-refractivity contribution in [2.75, 3.05) is 13.2 Å². The number of piperidine rings is 1. The molecule has 0 aliphatic carbocycles. The molecule has 1 aromatic carbocycles. The Morgan fingerprint density at radius 3 is 2.50 bits per heavy atom. The topological polar surface area (TPSA) is 70.0 Å². The van der Waals surface area contributed by atoms with Crippen molar-refractivity contribution >= 4 is 5.97 Å². The summed E-state index contributed by atoms with van der Waals surface area (Å²) in [6, 6.07) is 7.82. The van der Waals surface area contributed by atoms with E-state index in [2.05, 4.69) is 39.2 Å². The fourth-order valence-electron chi connectivity index (χ4n) is 4.93. The van der Waals surface area contributed by atoms with Crippen LogP contribution in [0.15, 0.2) is 36.4 Å². The first-order valence-corrected chi connectivity index (χ1v) is 9.95. The molecule has 156 valence electrons. The molecule has 5 nitrogen and oxygen atoms in total. The van der Waals surface area contributed by atoms with Gasteiger partial charge in [-0.1, -0.05) is 30.8 Å². The van der Waals surface area contributed by atoms with Crippen molar-refractivity contribution in [2.45, 2.75) is 77.2 Å². The number of benzene rings is 1. The van der Waals surface area contributed by atoms with Gasteiger partial charge in [-0.25, -0.2) is 4.79 Å². The smallest absolute Gasteiger partial charge is 0.333 e. The van der Waals surface area contributed by atoms with Gasteiger partial charge in [0.2, 0.25) is 0 Å². The van der Waals surface area contributed by atoms with E-state index in [1.807, 2.05) is 31.2 Å². The summed E-state index contributed by atoms with van der Waals surface area (Å²) in [7, 11) is 0. The quantitative estimate of drug-likeness (QED) is 0.575. The second-order valence-corrected chi connectivity index (χ2v) is 9.05. The molecular weight excluding hydrogens is 354 g/mol. The van der Waals surface area contributed by atoms with Crippen molar-refractivity contribution in [2.24, 2.45) is 0 Å². The number of carbonyl (C=O) groups excluding carboxylic acids is 1. The van der Waals surface area contributed by atoms with Crippen molar-refractivity contribution in [3.05, 3.63) is 47.5 Å². The van der Waals surface area contributed by atoms with E-state index in [9.17, 15) is 15.0 Å². The Labute approximate surface area is 169 Å². The van der Waals surface area contributed by atoms with Gasteiger partial charge in [-0.3, -0.25) is 4.90 Å².